The molecule has 1 N–H and O–H groups in total. The quantitative estimate of drug-likeness (QED) is 0.440. The highest BCUT2D eigenvalue weighted by Gasteiger charge is 2.16. The van der Waals surface area contributed by atoms with Crippen LogP contribution in [0.5, 0.6) is 0 Å². The summed E-state index contributed by atoms with van der Waals surface area (Å²) in [5.41, 5.74) is 0.474. The summed E-state index contributed by atoms with van der Waals surface area (Å²) in [6.07, 6.45) is 0.164. The van der Waals surface area contributed by atoms with E-state index in [9.17, 15) is 21.6 Å². The van der Waals surface area contributed by atoms with E-state index in [4.69, 9.17) is 4.42 Å². The van der Waals surface area contributed by atoms with Crippen LogP contribution in [0, 0.1) is 0 Å². The molecule has 1 aromatic heterocycles. The average Bonchev–Trinajstić information content (AvgIpc) is 2.65. The van der Waals surface area contributed by atoms with E-state index in [2.05, 4.69) is 4.72 Å². The molecule has 9 heteroatoms. The van der Waals surface area contributed by atoms with E-state index in [1.165, 1.54) is 30.3 Å². The van der Waals surface area contributed by atoms with Gasteiger partial charge in [-0.25, -0.2) is 26.4 Å². The fraction of sp³-hybridized carbons (Fsp3) is 0.211. The van der Waals surface area contributed by atoms with Crippen LogP contribution < -0.4 is 10.3 Å². The van der Waals surface area contributed by atoms with E-state index in [1.807, 2.05) is 6.07 Å². The summed E-state index contributed by atoms with van der Waals surface area (Å²) in [5.74, 6) is -0.191. The Kier molecular flexibility index (Phi) is 5.97. The summed E-state index contributed by atoms with van der Waals surface area (Å²) in [6.45, 7) is -0.00172. The fourth-order valence-electron chi connectivity index (χ4n) is 2.70. The Morgan fingerprint density at radius 2 is 1.64 bits per heavy atom. The van der Waals surface area contributed by atoms with Gasteiger partial charge in [-0.05, 0) is 36.2 Å². The Labute approximate surface area is 163 Å². The molecule has 0 aliphatic carbocycles. The Bertz CT molecular complexity index is 1230. The number of rotatable bonds is 8. The Morgan fingerprint density at radius 1 is 0.893 bits per heavy atom. The molecule has 0 aliphatic rings. The number of hydrogen-bond donors (Lipinski definition) is 1. The number of benzene rings is 2. The van der Waals surface area contributed by atoms with Crippen LogP contribution in [0.3, 0.4) is 0 Å². The Hall–Kier alpha value is -2.49. The summed E-state index contributed by atoms with van der Waals surface area (Å²) in [5, 5.41) is 0.480. The first-order chi connectivity index (χ1) is 13.3. The maximum atomic E-state index is 12.4. The van der Waals surface area contributed by atoms with Crippen molar-refractivity contribution >= 4 is 30.8 Å². The van der Waals surface area contributed by atoms with Crippen LogP contribution in [-0.4, -0.2) is 29.1 Å². The van der Waals surface area contributed by atoms with E-state index < -0.39 is 25.5 Å². The molecule has 0 fully saturated rings. The third-order valence-electron chi connectivity index (χ3n) is 4.05. The van der Waals surface area contributed by atoms with Gasteiger partial charge in [-0.1, -0.05) is 30.3 Å². The third kappa shape index (κ3) is 5.28. The van der Waals surface area contributed by atoms with Crippen molar-refractivity contribution in [2.75, 3.05) is 12.3 Å². The Morgan fingerprint density at radius 3 is 2.39 bits per heavy atom. The van der Waals surface area contributed by atoms with Crippen molar-refractivity contribution in [2.24, 2.45) is 0 Å². The van der Waals surface area contributed by atoms with Crippen molar-refractivity contribution in [1.29, 1.82) is 0 Å². The fourth-order valence-corrected chi connectivity index (χ4v) is 5.24. The van der Waals surface area contributed by atoms with Gasteiger partial charge in [-0.2, -0.15) is 0 Å². The third-order valence-corrected chi connectivity index (χ3v) is 7.20. The molecule has 28 heavy (non-hydrogen) atoms. The molecular formula is C19H19NO6S2. The molecule has 0 saturated carbocycles. The molecule has 0 aliphatic heterocycles. The van der Waals surface area contributed by atoms with Gasteiger partial charge in [0, 0.05) is 18.0 Å². The van der Waals surface area contributed by atoms with Gasteiger partial charge < -0.3 is 4.42 Å². The van der Waals surface area contributed by atoms with E-state index >= 15 is 0 Å². The lowest BCUT2D eigenvalue weighted by molar-refractivity contribution is 0.560. The second-order valence-electron chi connectivity index (χ2n) is 6.28. The van der Waals surface area contributed by atoms with Gasteiger partial charge in [0.15, 0.2) is 9.84 Å². The second-order valence-corrected chi connectivity index (χ2v) is 10.2. The number of fused-ring (bicyclic) bond motifs is 1. The number of nitrogens with one attached hydrogen (secondary N) is 1. The molecule has 1 heterocycles. The molecule has 0 saturated heterocycles. The molecule has 0 atom stereocenters. The highest BCUT2D eigenvalue weighted by molar-refractivity contribution is 7.90. The molecule has 0 amide bonds. The molecule has 3 aromatic rings. The van der Waals surface area contributed by atoms with Crippen molar-refractivity contribution < 1.29 is 21.3 Å². The van der Waals surface area contributed by atoms with Gasteiger partial charge in [0.05, 0.1) is 16.4 Å². The summed E-state index contributed by atoms with van der Waals surface area (Å²) < 4.78 is 56.5. The molecule has 0 bridgehead atoms. The summed E-state index contributed by atoms with van der Waals surface area (Å²) in [4.78, 5) is 11.2. The van der Waals surface area contributed by atoms with Crippen molar-refractivity contribution in [3.63, 3.8) is 0 Å². The number of sulfone groups is 1. The molecule has 2 aromatic carbocycles. The normalized spacial score (nSPS) is 12.3. The predicted octanol–water partition coefficient (Wildman–Crippen LogP) is 2.08. The smallest absolute Gasteiger partial charge is 0.336 e. The lowest BCUT2D eigenvalue weighted by Crippen LogP contribution is -2.26. The van der Waals surface area contributed by atoms with Crippen LogP contribution in [0.2, 0.25) is 0 Å². The molecule has 0 radical (unpaired) electrons. The number of sulfonamides is 1. The molecular weight excluding hydrogens is 402 g/mol. The van der Waals surface area contributed by atoms with E-state index in [0.29, 0.717) is 16.5 Å². The first kappa shape index (κ1) is 20.2. The van der Waals surface area contributed by atoms with Crippen molar-refractivity contribution in [1.82, 2.24) is 4.72 Å². The largest absolute Gasteiger partial charge is 0.423 e. The highest BCUT2D eigenvalue weighted by Crippen LogP contribution is 2.17. The minimum Gasteiger partial charge on any atom is -0.423 e. The van der Waals surface area contributed by atoms with Gasteiger partial charge in [-0.15, -0.1) is 0 Å². The molecule has 148 valence electrons. The monoisotopic (exact) mass is 421 g/mol. The van der Waals surface area contributed by atoms with Crippen molar-refractivity contribution in [3.05, 3.63) is 76.6 Å². The summed E-state index contributed by atoms with van der Waals surface area (Å²) in [6, 6.07) is 15.7. The van der Waals surface area contributed by atoms with Gasteiger partial charge in [0.1, 0.15) is 5.58 Å². The van der Waals surface area contributed by atoms with Gasteiger partial charge in [-0.3, -0.25) is 0 Å². The molecule has 0 spiro atoms. The Balaban J connectivity index is 1.59. The topological polar surface area (TPSA) is 111 Å². The van der Waals surface area contributed by atoms with Gasteiger partial charge in [0.2, 0.25) is 10.0 Å². The first-order valence-electron chi connectivity index (χ1n) is 8.53. The van der Waals surface area contributed by atoms with Crippen LogP contribution >= 0.6 is 0 Å². The zero-order chi connectivity index (χ0) is 20.2. The first-order valence-corrected chi connectivity index (χ1v) is 11.8. The van der Waals surface area contributed by atoms with Crippen LogP contribution in [-0.2, 0) is 25.6 Å². The van der Waals surface area contributed by atoms with E-state index in [-0.39, 0.29) is 29.4 Å². The molecule has 7 nitrogen and oxygen atoms in total. The average molecular weight is 421 g/mol. The lowest BCUT2D eigenvalue weighted by Gasteiger charge is -2.08. The van der Waals surface area contributed by atoms with Crippen molar-refractivity contribution in [3.8, 4) is 0 Å². The zero-order valence-electron chi connectivity index (χ0n) is 14.9. The molecule has 0 unspecified atom stereocenters. The van der Waals surface area contributed by atoms with Crippen LogP contribution in [0.15, 0.2) is 74.8 Å². The summed E-state index contributed by atoms with van der Waals surface area (Å²) in [7, 11) is -7.13. The van der Waals surface area contributed by atoms with Crippen molar-refractivity contribution in [2.45, 2.75) is 17.1 Å². The van der Waals surface area contributed by atoms with Crippen LogP contribution in [0.4, 0.5) is 0 Å². The minimum atomic E-state index is -3.80. The zero-order valence-corrected chi connectivity index (χ0v) is 16.5. The second kappa shape index (κ2) is 8.26. The van der Waals surface area contributed by atoms with E-state index in [1.54, 1.807) is 24.3 Å². The van der Waals surface area contributed by atoms with Gasteiger partial charge >= 0.3 is 5.63 Å². The minimum absolute atomic E-state index is 0.00172. The summed E-state index contributed by atoms with van der Waals surface area (Å²) >= 11 is 0. The predicted molar refractivity (Wildman–Crippen MR) is 106 cm³/mol. The highest BCUT2D eigenvalue weighted by atomic mass is 32.2. The number of hydrogen-bond acceptors (Lipinski definition) is 6. The van der Waals surface area contributed by atoms with Gasteiger partial charge in [0.25, 0.3) is 0 Å². The maximum Gasteiger partial charge on any atom is 0.336 e. The standard InChI is InChI=1S/C19H19NO6S2/c21-19-10-7-16-13-17(8-9-18(16)26-19)28(24,25)20-11-4-12-27(22,23)14-15-5-2-1-3-6-15/h1-3,5-10,13,20H,4,11-12,14H2. The van der Waals surface area contributed by atoms with Crippen LogP contribution in [0.25, 0.3) is 11.0 Å². The van der Waals surface area contributed by atoms with E-state index in [0.717, 1.165) is 0 Å². The van der Waals surface area contributed by atoms with Crippen LogP contribution in [0.1, 0.15) is 12.0 Å². The lowest BCUT2D eigenvalue weighted by atomic mass is 10.2. The maximum absolute atomic E-state index is 12.4. The molecule has 3 rings (SSSR count). The SMILES string of the molecule is O=c1ccc2cc(S(=O)(=O)NCCCS(=O)(=O)Cc3ccccc3)ccc2o1.